The van der Waals surface area contributed by atoms with Gasteiger partial charge in [-0.3, -0.25) is 15.5 Å². The fourth-order valence-electron chi connectivity index (χ4n) is 1.54. The second-order valence-electron chi connectivity index (χ2n) is 4.06. The van der Waals surface area contributed by atoms with Crippen LogP contribution in [0.15, 0.2) is 24.3 Å². The van der Waals surface area contributed by atoms with Gasteiger partial charge in [0.25, 0.3) is 0 Å². The van der Waals surface area contributed by atoms with Crippen LogP contribution in [0.5, 0.6) is 11.8 Å². The molecule has 2 aromatic rings. The van der Waals surface area contributed by atoms with Crippen molar-refractivity contribution >= 4 is 11.5 Å². The Hall–Kier alpha value is -3.10. The maximum Gasteiger partial charge on any atom is 0.323 e. The highest BCUT2D eigenvalue weighted by Crippen LogP contribution is 2.30. The van der Waals surface area contributed by atoms with E-state index in [9.17, 15) is 14.5 Å². The summed E-state index contributed by atoms with van der Waals surface area (Å²) in [7, 11) is 0. The van der Waals surface area contributed by atoms with Crippen molar-refractivity contribution in [3.8, 4) is 11.8 Å². The number of nitrogen functional groups attached to an aromatic ring is 1. The number of rotatable bonds is 4. The van der Waals surface area contributed by atoms with Crippen LogP contribution in [0.25, 0.3) is 0 Å². The Kier molecular flexibility index (Phi) is 3.74. The first-order chi connectivity index (χ1) is 9.86. The number of benzene rings is 1. The number of amidine groups is 1. The summed E-state index contributed by atoms with van der Waals surface area (Å²) in [6.07, 6.45) is 0. The van der Waals surface area contributed by atoms with Crippen molar-refractivity contribution in [3.63, 3.8) is 0 Å². The van der Waals surface area contributed by atoms with Crippen molar-refractivity contribution in [2.45, 2.75) is 6.92 Å². The minimum Gasteiger partial charge on any atom is -0.417 e. The van der Waals surface area contributed by atoms with Gasteiger partial charge in [-0.1, -0.05) is 0 Å². The van der Waals surface area contributed by atoms with Crippen LogP contribution in [0.3, 0.4) is 0 Å². The minimum absolute atomic E-state index is 0.108. The number of hydrogen-bond donors (Lipinski definition) is 2. The Labute approximate surface area is 118 Å². The molecular weight excluding hydrogens is 281 g/mol. The topological polar surface area (TPSA) is 128 Å². The molecule has 0 radical (unpaired) electrons. The zero-order chi connectivity index (χ0) is 15.6. The Bertz CT molecular complexity index is 735. The Morgan fingerprint density at radius 1 is 1.43 bits per heavy atom. The van der Waals surface area contributed by atoms with Gasteiger partial charge < -0.3 is 10.5 Å². The van der Waals surface area contributed by atoms with Gasteiger partial charge in [0.15, 0.2) is 0 Å². The number of nitrogens with one attached hydrogen (secondary N) is 1. The molecule has 1 aromatic carbocycles. The van der Waals surface area contributed by atoms with Crippen LogP contribution in [0, 0.1) is 28.3 Å². The molecule has 0 bridgehead atoms. The molecule has 0 saturated heterocycles. The highest BCUT2D eigenvalue weighted by atomic mass is 19.1. The van der Waals surface area contributed by atoms with Gasteiger partial charge in [-0.25, -0.2) is 9.37 Å². The van der Waals surface area contributed by atoms with E-state index in [2.05, 4.69) is 9.97 Å². The Morgan fingerprint density at radius 2 is 2.14 bits per heavy atom. The lowest BCUT2D eigenvalue weighted by atomic mass is 10.3. The first kappa shape index (κ1) is 14.3. The van der Waals surface area contributed by atoms with E-state index in [0.29, 0.717) is 5.69 Å². The smallest absolute Gasteiger partial charge is 0.323 e. The third kappa shape index (κ3) is 3.26. The van der Waals surface area contributed by atoms with Crippen LogP contribution in [0.1, 0.15) is 11.4 Å². The van der Waals surface area contributed by atoms with Crippen molar-refractivity contribution in [3.05, 3.63) is 51.6 Å². The van der Waals surface area contributed by atoms with Crippen molar-refractivity contribution in [2.75, 3.05) is 0 Å². The number of halogens is 1. The second kappa shape index (κ2) is 5.49. The van der Waals surface area contributed by atoms with E-state index >= 15 is 0 Å². The van der Waals surface area contributed by atoms with Crippen molar-refractivity contribution in [2.24, 2.45) is 5.73 Å². The molecule has 1 aromatic heterocycles. The van der Waals surface area contributed by atoms with Crippen LogP contribution in [0.4, 0.5) is 10.1 Å². The van der Waals surface area contributed by atoms with Gasteiger partial charge in [-0.15, -0.1) is 0 Å². The number of nitro groups is 1. The summed E-state index contributed by atoms with van der Waals surface area (Å²) in [5, 5.41) is 18.2. The van der Waals surface area contributed by atoms with Gasteiger partial charge in [0.05, 0.1) is 4.92 Å². The summed E-state index contributed by atoms with van der Waals surface area (Å²) in [5.74, 6) is -1.34. The molecule has 0 fully saturated rings. The number of aromatic nitrogens is 2. The van der Waals surface area contributed by atoms with Gasteiger partial charge in [0, 0.05) is 17.8 Å². The van der Waals surface area contributed by atoms with Crippen LogP contribution in [-0.4, -0.2) is 20.7 Å². The maximum atomic E-state index is 13.2. The minimum atomic E-state index is -0.712. The monoisotopic (exact) mass is 291 g/mol. The number of hydrogen-bond acceptors (Lipinski definition) is 6. The third-order valence-corrected chi connectivity index (χ3v) is 2.43. The van der Waals surface area contributed by atoms with Crippen LogP contribution in [-0.2, 0) is 0 Å². The van der Waals surface area contributed by atoms with E-state index in [0.717, 1.165) is 18.2 Å². The first-order valence-electron chi connectivity index (χ1n) is 5.68. The Morgan fingerprint density at radius 3 is 2.76 bits per heavy atom. The van der Waals surface area contributed by atoms with Gasteiger partial charge in [0.2, 0.25) is 5.75 Å². The van der Waals surface area contributed by atoms with Crippen molar-refractivity contribution in [1.82, 2.24) is 9.97 Å². The average Bonchev–Trinajstić information content (AvgIpc) is 2.37. The molecule has 0 aliphatic carbocycles. The van der Waals surface area contributed by atoms with Crippen LogP contribution >= 0.6 is 0 Å². The van der Waals surface area contributed by atoms with E-state index < -0.39 is 16.4 Å². The van der Waals surface area contributed by atoms with Gasteiger partial charge in [0.1, 0.15) is 17.3 Å². The molecule has 0 atom stereocenters. The quantitative estimate of drug-likeness (QED) is 0.383. The van der Waals surface area contributed by atoms with E-state index in [1.54, 1.807) is 6.92 Å². The highest BCUT2D eigenvalue weighted by Gasteiger charge is 2.18. The zero-order valence-corrected chi connectivity index (χ0v) is 10.8. The lowest BCUT2D eigenvalue weighted by Crippen LogP contribution is -2.14. The SMILES string of the molecule is Cc1cc(C(=N)N)nc(Oc2cc(F)ccc2[N+](=O)[O-])n1. The third-order valence-electron chi connectivity index (χ3n) is 2.43. The first-order valence-corrected chi connectivity index (χ1v) is 5.68. The molecule has 9 heteroatoms. The van der Waals surface area contributed by atoms with Crippen molar-refractivity contribution < 1.29 is 14.1 Å². The highest BCUT2D eigenvalue weighted by molar-refractivity contribution is 5.93. The van der Waals surface area contributed by atoms with Gasteiger partial charge in [-0.05, 0) is 19.1 Å². The predicted molar refractivity (Wildman–Crippen MR) is 70.9 cm³/mol. The maximum absolute atomic E-state index is 13.2. The van der Waals surface area contributed by atoms with E-state index in [1.807, 2.05) is 0 Å². The summed E-state index contributed by atoms with van der Waals surface area (Å²) >= 11 is 0. The average molecular weight is 291 g/mol. The molecule has 2 rings (SSSR count). The largest absolute Gasteiger partial charge is 0.417 e. The summed E-state index contributed by atoms with van der Waals surface area (Å²) in [5.41, 5.74) is 5.45. The molecule has 8 nitrogen and oxygen atoms in total. The molecule has 108 valence electrons. The summed E-state index contributed by atoms with van der Waals surface area (Å²) in [6, 6.07) is 3.98. The molecule has 0 spiro atoms. The second-order valence-corrected chi connectivity index (χ2v) is 4.06. The van der Waals surface area contributed by atoms with Gasteiger partial charge in [-0.2, -0.15) is 4.98 Å². The number of ether oxygens (including phenoxy) is 1. The van der Waals surface area contributed by atoms with Crippen LogP contribution in [0.2, 0.25) is 0 Å². The molecule has 3 N–H and O–H groups in total. The van der Waals surface area contributed by atoms with E-state index in [1.165, 1.54) is 6.07 Å². The number of nitro benzene ring substituents is 1. The zero-order valence-electron chi connectivity index (χ0n) is 10.8. The Balaban J connectivity index is 2.45. The molecular formula is C12H10FN5O3. The van der Waals surface area contributed by atoms with Gasteiger partial charge >= 0.3 is 11.7 Å². The predicted octanol–water partition coefficient (Wildman–Crippen LogP) is 1.91. The fourth-order valence-corrected chi connectivity index (χ4v) is 1.54. The van der Waals surface area contributed by atoms with E-state index in [4.69, 9.17) is 15.9 Å². The number of nitrogens with zero attached hydrogens (tertiary/aromatic N) is 3. The molecule has 21 heavy (non-hydrogen) atoms. The molecule has 0 unspecified atom stereocenters. The molecule has 0 amide bonds. The summed E-state index contributed by atoms with van der Waals surface area (Å²) in [6.45, 7) is 1.61. The summed E-state index contributed by atoms with van der Waals surface area (Å²) < 4.78 is 18.4. The molecule has 0 aliphatic heterocycles. The number of aryl methyl sites for hydroxylation is 1. The lowest BCUT2D eigenvalue weighted by Gasteiger charge is -2.07. The summed E-state index contributed by atoms with van der Waals surface area (Å²) in [4.78, 5) is 17.9. The molecule has 0 saturated carbocycles. The number of nitrogens with two attached hydrogens (primary N) is 1. The lowest BCUT2D eigenvalue weighted by molar-refractivity contribution is -0.385. The van der Waals surface area contributed by atoms with Crippen molar-refractivity contribution in [1.29, 1.82) is 5.41 Å². The molecule has 0 aliphatic rings. The molecule has 1 heterocycles. The standard InChI is InChI=1S/C12H10FN5O3/c1-6-4-8(11(14)15)17-12(16-6)21-10-5-7(13)2-3-9(10)18(19)20/h2-5H,1H3,(H3,14,15). The van der Waals surface area contributed by atoms with E-state index in [-0.39, 0.29) is 23.3 Å². The van der Waals surface area contributed by atoms with Crippen LogP contribution < -0.4 is 10.5 Å². The normalized spacial score (nSPS) is 10.2. The fraction of sp³-hybridized carbons (Fsp3) is 0.0833.